The number of ether oxygens (including phenoxy) is 1. The fourth-order valence-corrected chi connectivity index (χ4v) is 2.89. The molecule has 1 aromatic carbocycles. The van der Waals surface area contributed by atoms with Gasteiger partial charge in [-0.3, -0.25) is 10.1 Å². The third kappa shape index (κ3) is 3.20. The molecule has 0 unspecified atom stereocenters. The third-order valence-corrected chi connectivity index (χ3v) is 3.96. The van der Waals surface area contributed by atoms with Crippen molar-refractivity contribution in [2.45, 2.75) is 25.4 Å². The molecule has 5 nitrogen and oxygen atoms in total. The Morgan fingerprint density at radius 1 is 1.35 bits per heavy atom. The second-order valence-electron chi connectivity index (χ2n) is 4.65. The summed E-state index contributed by atoms with van der Waals surface area (Å²) in [7, 11) is 0. The first-order valence-corrected chi connectivity index (χ1v) is 7.42. The monoisotopic (exact) mass is 289 g/mol. The minimum Gasteiger partial charge on any atom is -0.368 e. The number of aromatic nitrogens is 2. The SMILES string of the molecule is O=C(Nc1nnc(Cc2ccccc2)s1)[C@@H]1CCCO1. The van der Waals surface area contributed by atoms with Gasteiger partial charge in [0.1, 0.15) is 11.1 Å². The topological polar surface area (TPSA) is 64.1 Å². The number of nitrogens with zero attached hydrogens (tertiary/aromatic N) is 2. The Balaban J connectivity index is 1.60. The van der Waals surface area contributed by atoms with Crippen LogP contribution >= 0.6 is 11.3 Å². The molecule has 0 bridgehead atoms. The predicted molar refractivity (Wildman–Crippen MR) is 76.8 cm³/mol. The maximum absolute atomic E-state index is 11.9. The van der Waals surface area contributed by atoms with Gasteiger partial charge in [0, 0.05) is 13.0 Å². The van der Waals surface area contributed by atoms with Crippen molar-refractivity contribution in [2.75, 3.05) is 11.9 Å². The first-order valence-electron chi connectivity index (χ1n) is 6.60. The Morgan fingerprint density at radius 2 is 2.20 bits per heavy atom. The quantitative estimate of drug-likeness (QED) is 0.937. The summed E-state index contributed by atoms with van der Waals surface area (Å²) < 4.78 is 5.33. The van der Waals surface area contributed by atoms with E-state index in [0.717, 1.165) is 24.3 Å². The zero-order valence-corrected chi connectivity index (χ0v) is 11.7. The van der Waals surface area contributed by atoms with Crippen LogP contribution < -0.4 is 5.32 Å². The van der Waals surface area contributed by atoms with Gasteiger partial charge in [0.2, 0.25) is 5.13 Å². The van der Waals surface area contributed by atoms with Crippen molar-refractivity contribution in [2.24, 2.45) is 0 Å². The van der Waals surface area contributed by atoms with E-state index in [1.807, 2.05) is 30.3 Å². The molecule has 0 aliphatic carbocycles. The molecule has 1 aliphatic heterocycles. The molecule has 1 aliphatic rings. The number of carbonyl (C=O) groups is 1. The average Bonchev–Trinajstić information content (AvgIpc) is 3.11. The molecule has 1 fully saturated rings. The van der Waals surface area contributed by atoms with Gasteiger partial charge in [-0.15, -0.1) is 10.2 Å². The maximum atomic E-state index is 11.9. The molecule has 1 aromatic heterocycles. The average molecular weight is 289 g/mol. The number of nitrogens with one attached hydrogen (secondary N) is 1. The number of hydrogen-bond acceptors (Lipinski definition) is 5. The van der Waals surface area contributed by atoms with Gasteiger partial charge in [-0.1, -0.05) is 41.7 Å². The van der Waals surface area contributed by atoms with Crippen LogP contribution in [0.3, 0.4) is 0 Å². The van der Waals surface area contributed by atoms with Crippen LogP contribution in [0.15, 0.2) is 30.3 Å². The number of amides is 1. The van der Waals surface area contributed by atoms with Crippen LogP contribution in [0, 0.1) is 0 Å². The minimum atomic E-state index is -0.337. The lowest BCUT2D eigenvalue weighted by Crippen LogP contribution is -2.26. The molecule has 2 aromatic rings. The molecule has 1 atom stereocenters. The number of benzene rings is 1. The highest BCUT2D eigenvalue weighted by molar-refractivity contribution is 7.15. The fourth-order valence-electron chi connectivity index (χ4n) is 2.12. The van der Waals surface area contributed by atoms with Crippen LogP contribution in [0.25, 0.3) is 0 Å². The van der Waals surface area contributed by atoms with Gasteiger partial charge in [0.05, 0.1) is 0 Å². The summed E-state index contributed by atoms with van der Waals surface area (Å²) in [5, 5.41) is 12.3. The molecule has 1 N–H and O–H groups in total. The largest absolute Gasteiger partial charge is 0.368 e. The van der Waals surface area contributed by atoms with Crippen LogP contribution in [-0.4, -0.2) is 28.8 Å². The highest BCUT2D eigenvalue weighted by Gasteiger charge is 2.24. The molecule has 104 valence electrons. The Labute approximate surface area is 121 Å². The Hall–Kier alpha value is -1.79. The second kappa shape index (κ2) is 6.11. The molecule has 0 radical (unpaired) electrons. The summed E-state index contributed by atoms with van der Waals surface area (Å²) in [6, 6.07) is 10.1. The lowest BCUT2D eigenvalue weighted by molar-refractivity contribution is -0.124. The first kappa shape index (κ1) is 13.2. The van der Waals surface area contributed by atoms with Gasteiger partial charge in [0.15, 0.2) is 0 Å². The maximum Gasteiger partial charge on any atom is 0.255 e. The summed E-state index contributed by atoms with van der Waals surface area (Å²) >= 11 is 1.41. The molecule has 1 amide bonds. The van der Waals surface area contributed by atoms with Crippen molar-refractivity contribution in [1.29, 1.82) is 0 Å². The van der Waals surface area contributed by atoms with Gasteiger partial charge in [-0.2, -0.15) is 0 Å². The number of carbonyl (C=O) groups excluding carboxylic acids is 1. The number of rotatable bonds is 4. The van der Waals surface area contributed by atoms with Crippen molar-refractivity contribution < 1.29 is 9.53 Å². The molecular formula is C14H15N3O2S. The zero-order valence-electron chi connectivity index (χ0n) is 10.9. The van der Waals surface area contributed by atoms with Gasteiger partial charge in [-0.05, 0) is 18.4 Å². The highest BCUT2D eigenvalue weighted by atomic mass is 32.1. The van der Waals surface area contributed by atoms with Crippen molar-refractivity contribution >= 4 is 22.4 Å². The third-order valence-electron chi connectivity index (χ3n) is 3.12. The van der Waals surface area contributed by atoms with E-state index in [-0.39, 0.29) is 12.0 Å². The first-order chi connectivity index (χ1) is 9.81. The molecule has 0 spiro atoms. The van der Waals surface area contributed by atoms with Crippen LogP contribution in [0.4, 0.5) is 5.13 Å². The van der Waals surface area contributed by atoms with E-state index in [2.05, 4.69) is 15.5 Å². The fraction of sp³-hybridized carbons (Fsp3) is 0.357. The van der Waals surface area contributed by atoms with Gasteiger partial charge >= 0.3 is 0 Å². The van der Waals surface area contributed by atoms with Crippen molar-refractivity contribution in [1.82, 2.24) is 10.2 Å². The lowest BCUT2D eigenvalue weighted by Gasteiger charge is -2.06. The van der Waals surface area contributed by atoms with E-state index < -0.39 is 0 Å². The predicted octanol–water partition coefficient (Wildman–Crippen LogP) is 2.25. The molecule has 0 saturated carbocycles. The van der Waals surface area contributed by atoms with E-state index in [1.165, 1.54) is 16.9 Å². The summed E-state index contributed by atoms with van der Waals surface area (Å²) in [6.45, 7) is 0.660. The summed E-state index contributed by atoms with van der Waals surface area (Å²) in [4.78, 5) is 11.9. The van der Waals surface area contributed by atoms with Crippen molar-refractivity contribution in [3.8, 4) is 0 Å². The molecule has 20 heavy (non-hydrogen) atoms. The minimum absolute atomic E-state index is 0.120. The summed E-state index contributed by atoms with van der Waals surface area (Å²) in [5.41, 5.74) is 1.18. The smallest absolute Gasteiger partial charge is 0.255 e. The van der Waals surface area contributed by atoms with Crippen LogP contribution in [0.1, 0.15) is 23.4 Å². The van der Waals surface area contributed by atoms with Gasteiger partial charge in [0.25, 0.3) is 5.91 Å². The van der Waals surface area contributed by atoms with Crippen LogP contribution in [-0.2, 0) is 16.0 Å². The van der Waals surface area contributed by atoms with Crippen LogP contribution in [0.5, 0.6) is 0 Å². The summed E-state index contributed by atoms with van der Waals surface area (Å²) in [6.07, 6.45) is 2.11. The standard InChI is InChI=1S/C14H15N3O2S/c18-13(11-7-4-8-19-11)15-14-17-16-12(20-14)9-10-5-2-1-3-6-10/h1-3,5-6,11H,4,7-9H2,(H,15,17,18)/t11-/m0/s1. The Morgan fingerprint density at radius 3 is 2.95 bits per heavy atom. The van der Waals surface area contributed by atoms with Gasteiger partial charge < -0.3 is 4.74 Å². The van der Waals surface area contributed by atoms with Crippen molar-refractivity contribution in [3.63, 3.8) is 0 Å². The summed E-state index contributed by atoms with van der Waals surface area (Å²) in [5.74, 6) is -0.120. The van der Waals surface area contributed by atoms with E-state index in [0.29, 0.717) is 11.7 Å². The number of hydrogen-bond donors (Lipinski definition) is 1. The second-order valence-corrected chi connectivity index (χ2v) is 5.72. The zero-order chi connectivity index (χ0) is 13.8. The van der Waals surface area contributed by atoms with E-state index in [4.69, 9.17) is 4.74 Å². The Bertz CT molecular complexity index is 579. The van der Waals surface area contributed by atoms with Gasteiger partial charge in [-0.25, -0.2) is 0 Å². The van der Waals surface area contributed by atoms with Crippen molar-refractivity contribution in [3.05, 3.63) is 40.9 Å². The molecule has 6 heteroatoms. The molecule has 2 heterocycles. The molecule has 3 rings (SSSR count). The van der Waals surface area contributed by atoms with E-state index in [1.54, 1.807) is 0 Å². The lowest BCUT2D eigenvalue weighted by atomic mass is 10.2. The highest BCUT2D eigenvalue weighted by Crippen LogP contribution is 2.20. The Kier molecular flexibility index (Phi) is 4.03. The van der Waals surface area contributed by atoms with E-state index >= 15 is 0 Å². The molecular weight excluding hydrogens is 274 g/mol. The number of anilines is 1. The van der Waals surface area contributed by atoms with E-state index in [9.17, 15) is 4.79 Å². The molecule has 1 saturated heterocycles. The normalized spacial score (nSPS) is 18.1. The van der Waals surface area contributed by atoms with Crippen LogP contribution in [0.2, 0.25) is 0 Å².